The van der Waals surface area contributed by atoms with Crippen LogP contribution in [0.1, 0.15) is 43.9 Å². The summed E-state index contributed by atoms with van der Waals surface area (Å²) in [6.45, 7) is 8.44. The Labute approximate surface area is 185 Å². The lowest BCUT2D eigenvalue weighted by Crippen LogP contribution is -2.51. The minimum absolute atomic E-state index is 0.00912. The second kappa shape index (κ2) is 12.4. The van der Waals surface area contributed by atoms with Gasteiger partial charge in [0.2, 0.25) is 11.8 Å². The van der Waals surface area contributed by atoms with Gasteiger partial charge in [-0.2, -0.15) is 0 Å². The van der Waals surface area contributed by atoms with E-state index in [0.717, 1.165) is 24.2 Å². The Kier molecular flexibility index (Phi) is 9.95. The molecule has 2 amide bonds. The molecule has 30 heavy (non-hydrogen) atoms. The maximum absolute atomic E-state index is 13.0. The zero-order chi connectivity index (χ0) is 21.9. The maximum atomic E-state index is 13.0. The van der Waals surface area contributed by atoms with Crippen molar-refractivity contribution in [2.45, 2.75) is 58.4 Å². The highest BCUT2D eigenvalue weighted by Gasteiger charge is 2.26. The van der Waals surface area contributed by atoms with Crippen molar-refractivity contribution in [2.24, 2.45) is 0 Å². The highest BCUT2D eigenvalue weighted by atomic mass is 32.2. The molecule has 0 saturated carbocycles. The molecule has 0 aliphatic carbocycles. The minimum atomic E-state index is -0.491. The molecule has 0 aliphatic rings. The number of carbonyl (C=O) groups excluding carboxylic acids is 2. The molecule has 4 nitrogen and oxygen atoms in total. The summed E-state index contributed by atoms with van der Waals surface area (Å²) in [7, 11) is 0. The van der Waals surface area contributed by atoms with Crippen LogP contribution in [0.3, 0.4) is 0 Å². The molecule has 0 heterocycles. The number of hydrogen-bond donors (Lipinski definition) is 1. The zero-order valence-electron chi connectivity index (χ0n) is 18.6. The van der Waals surface area contributed by atoms with Crippen molar-refractivity contribution in [1.29, 1.82) is 0 Å². The monoisotopic (exact) mass is 426 g/mol. The van der Waals surface area contributed by atoms with Crippen LogP contribution in [0.2, 0.25) is 0 Å². The van der Waals surface area contributed by atoms with Crippen molar-refractivity contribution in [1.82, 2.24) is 10.2 Å². The number of hydrogen-bond acceptors (Lipinski definition) is 3. The van der Waals surface area contributed by atoms with Crippen LogP contribution in [0.4, 0.5) is 0 Å². The summed E-state index contributed by atoms with van der Waals surface area (Å²) in [5, 5.41) is 3.01. The molecular weight excluding hydrogens is 392 g/mol. The summed E-state index contributed by atoms with van der Waals surface area (Å²) in [5.74, 6) is 1.07. The number of aryl methyl sites for hydroxylation is 1. The SMILES string of the molecule is CC[C@H](C)NC(=O)[C@@H](C)N(CCc1ccccc1)C(=O)CSCc1ccc(C)cc1. The molecular formula is C25H34N2O2S. The van der Waals surface area contributed by atoms with Gasteiger partial charge in [0.15, 0.2) is 0 Å². The van der Waals surface area contributed by atoms with Gasteiger partial charge in [-0.25, -0.2) is 0 Å². The molecule has 5 heteroatoms. The second-order valence-electron chi connectivity index (χ2n) is 7.79. The Morgan fingerprint density at radius 2 is 1.67 bits per heavy atom. The Morgan fingerprint density at radius 3 is 2.30 bits per heavy atom. The molecule has 0 aliphatic heterocycles. The molecule has 2 rings (SSSR count). The molecule has 0 aromatic heterocycles. The van der Waals surface area contributed by atoms with Crippen LogP contribution < -0.4 is 5.32 Å². The third-order valence-corrected chi connectivity index (χ3v) is 6.26. The number of carbonyl (C=O) groups is 2. The van der Waals surface area contributed by atoms with Crippen LogP contribution in [0.25, 0.3) is 0 Å². The predicted molar refractivity (Wildman–Crippen MR) is 127 cm³/mol. The Balaban J connectivity index is 1.99. The largest absolute Gasteiger partial charge is 0.352 e. The first-order valence-electron chi connectivity index (χ1n) is 10.7. The van der Waals surface area contributed by atoms with E-state index >= 15 is 0 Å². The van der Waals surface area contributed by atoms with E-state index in [4.69, 9.17) is 0 Å². The van der Waals surface area contributed by atoms with Crippen LogP contribution in [0.5, 0.6) is 0 Å². The van der Waals surface area contributed by atoms with Gasteiger partial charge >= 0.3 is 0 Å². The highest BCUT2D eigenvalue weighted by molar-refractivity contribution is 7.99. The number of amides is 2. The Hall–Kier alpha value is -2.27. The standard InChI is InChI=1S/C25H34N2O2S/c1-5-20(3)26-25(29)21(4)27(16-15-22-9-7-6-8-10-22)24(28)18-30-17-23-13-11-19(2)12-14-23/h6-14,20-21H,5,15-18H2,1-4H3,(H,26,29)/t20-,21+/m0/s1. The van der Waals surface area contributed by atoms with E-state index in [-0.39, 0.29) is 17.9 Å². The fourth-order valence-electron chi connectivity index (χ4n) is 3.06. The molecule has 2 atom stereocenters. The van der Waals surface area contributed by atoms with E-state index in [1.807, 2.05) is 39.0 Å². The lowest BCUT2D eigenvalue weighted by atomic mass is 10.1. The molecule has 0 radical (unpaired) electrons. The maximum Gasteiger partial charge on any atom is 0.242 e. The quantitative estimate of drug-likeness (QED) is 0.571. The third kappa shape index (κ3) is 7.86. The number of rotatable bonds is 11. The van der Waals surface area contributed by atoms with E-state index in [0.29, 0.717) is 12.3 Å². The van der Waals surface area contributed by atoms with Gasteiger partial charge < -0.3 is 10.2 Å². The summed E-state index contributed by atoms with van der Waals surface area (Å²) < 4.78 is 0. The predicted octanol–water partition coefficient (Wildman–Crippen LogP) is 4.60. The van der Waals surface area contributed by atoms with Crippen molar-refractivity contribution in [3.8, 4) is 0 Å². The van der Waals surface area contributed by atoms with E-state index in [9.17, 15) is 9.59 Å². The molecule has 0 saturated heterocycles. The van der Waals surface area contributed by atoms with Crippen LogP contribution >= 0.6 is 11.8 Å². The summed E-state index contributed by atoms with van der Waals surface area (Å²) >= 11 is 1.59. The molecule has 1 N–H and O–H groups in total. The average Bonchev–Trinajstić information content (AvgIpc) is 2.75. The van der Waals surface area contributed by atoms with Crippen molar-refractivity contribution in [2.75, 3.05) is 12.3 Å². The van der Waals surface area contributed by atoms with Crippen molar-refractivity contribution in [3.63, 3.8) is 0 Å². The number of nitrogens with zero attached hydrogens (tertiary/aromatic N) is 1. The number of nitrogens with one attached hydrogen (secondary N) is 1. The highest BCUT2D eigenvalue weighted by Crippen LogP contribution is 2.15. The van der Waals surface area contributed by atoms with Gasteiger partial charge in [-0.3, -0.25) is 9.59 Å². The Bertz CT molecular complexity index is 793. The summed E-state index contributed by atoms with van der Waals surface area (Å²) in [5.41, 5.74) is 3.60. The first kappa shape index (κ1) is 24.0. The smallest absolute Gasteiger partial charge is 0.242 e. The fraction of sp³-hybridized carbons (Fsp3) is 0.440. The topological polar surface area (TPSA) is 49.4 Å². The molecule has 162 valence electrons. The molecule has 0 bridgehead atoms. The van der Waals surface area contributed by atoms with Gasteiger partial charge in [0.05, 0.1) is 5.75 Å². The van der Waals surface area contributed by atoms with Crippen molar-refractivity contribution in [3.05, 3.63) is 71.3 Å². The second-order valence-corrected chi connectivity index (χ2v) is 8.78. The van der Waals surface area contributed by atoms with Crippen LogP contribution in [0, 0.1) is 6.92 Å². The first-order chi connectivity index (χ1) is 14.4. The van der Waals surface area contributed by atoms with E-state index in [1.54, 1.807) is 16.7 Å². The summed E-state index contributed by atoms with van der Waals surface area (Å²) in [4.78, 5) is 27.4. The fourth-order valence-corrected chi connectivity index (χ4v) is 3.93. The zero-order valence-corrected chi connectivity index (χ0v) is 19.4. The van der Waals surface area contributed by atoms with E-state index in [1.165, 1.54) is 11.1 Å². The van der Waals surface area contributed by atoms with Gasteiger partial charge in [0.25, 0.3) is 0 Å². The van der Waals surface area contributed by atoms with E-state index < -0.39 is 6.04 Å². The van der Waals surface area contributed by atoms with Gasteiger partial charge in [-0.15, -0.1) is 11.8 Å². The van der Waals surface area contributed by atoms with Crippen LogP contribution in [0.15, 0.2) is 54.6 Å². The number of benzene rings is 2. The van der Waals surface area contributed by atoms with Gasteiger partial charge in [0.1, 0.15) is 6.04 Å². The number of thioether (sulfide) groups is 1. The van der Waals surface area contributed by atoms with Gasteiger partial charge in [0, 0.05) is 18.3 Å². The van der Waals surface area contributed by atoms with Crippen molar-refractivity contribution >= 4 is 23.6 Å². The molecule has 2 aromatic rings. The molecule has 0 spiro atoms. The first-order valence-corrected chi connectivity index (χ1v) is 11.8. The van der Waals surface area contributed by atoms with Crippen LogP contribution in [-0.4, -0.2) is 41.1 Å². The average molecular weight is 427 g/mol. The van der Waals surface area contributed by atoms with Gasteiger partial charge in [-0.1, -0.05) is 67.1 Å². The van der Waals surface area contributed by atoms with Crippen molar-refractivity contribution < 1.29 is 9.59 Å². The normalized spacial score (nSPS) is 12.8. The molecule has 0 unspecified atom stereocenters. The molecule has 0 fully saturated rings. The van der Waals surface area contributed by atoms with E-state index in [2.05, 4.69) is 48.6 Å². The minimum Gasteiger partial charge on any atom is -0.352 e. The van der Waals surface area contributed by atoms with Gasteiger partial charge in [-0.05, 0) is 44.7 Å². The lowest BCUT2D eigenvalue weighted by molar-refractivity contribution is -0.138. The Morgan fingerprint density at radius 1 is 1.00 bits per heavy atom. The molecule has 2 aromatic carbocycles. The van der Waals surface area contributed by atoms with Crippen LogP contribution in [-0.2, 0) is 21.8 Å². The lowest BCUT2D eigenvalue weighted by Gasteiger charge is -2.29. The summed E-state index contributed by atoms with van der Waals surface area (Å²) in [6.07, 6.45) is 1.60. The summed E-state index contributed by atoms with van der Waals surface area (Å²) in [6, 6.07) is 18.1. The third-order valence-electron chi connectivity index (χ3n) is 5.27.